The van der Waals surface area contributed by atoms with Crippen molar-refractivity contribution in [3.05, 3.63) is 47.0 Å². The summed E-state index contributed by atoms with van der Waals surface area (Å²) in [6, 6.07) is 1.82. The van der Waals surface area contributed by atoms with E-state index >= 15 is 0 Å². The number of rotatable bonds is 4. The fourth-order valence-corrected chi connectivity index (χ4v) is 7.60. The number of aldehydes is 1. The van der Waals surface area contributed by atoms with Crippen molar-refractivity contribution in [2.75, 3.05) is 13.1 Å². The van der Waals surface area contributed by atoms with Gasteiger partial charge in [-0.05, 0) is 75.0 Å². The number of halogens is 3. The van der Waals surface area contributed by atoms with Gasteiger partial charge in [-0.1, -0.05) is 37.1 Å². The Balaban J connectivity index is 1.20. The van der Waals surface area contributed by atoms with Gasteiger partial charge in [-0.15, -0.1) is 0 Å². The minimum atomic E-state index is -4.59. The zero-order valence-electron chi connectivity index (χ0n) is 27.3. The summed E-state index contributed by atoms with van der Waals surface area (Å²) in [5.41, 5.74) is -1.39. The van der Waals surface area contributed by atoms with Crippen LogP contribution >= 0.6 is 0 Å². The van der Waals surface area contributed by atoms with E-state index in [-0.39, 0.29) is 50.1 Å². The van der Waals surface area contributed by atoms with Crippen molar-refractivity contribution in [1.29, 1.82) is 0 Å². The molecule has 2 saturated carbocycles. The molecule has 6 rings (SSSR count). The van der Waals surface area contributed by atoms with E-state index in [2.05, 4.69) is 10.6 Å². The molecule has 11 nitrogen and oxygen atoms in total. The zero-order valence-corrected chi connectivity index (χ0v) is 27.3. The maximum absolute atomic E-state index is 14.2. The number of hydrogen-bond donors (Lipinski definition) is 2. The Hall–Kier alpha value is -4.10. The predicted molar refractivity (Wildman–Crippen MR) is 169 cm³/mol. The lowest BCUT2D eigenvalue weighted by Gasteiger charge is -2.31. The predicted octanol–water partition coefficient (Wildman–Crippen LogP) is 4.80. The van der Waals surface area contributed by atoms with Crippen LogP contribution in [-0.4, -0.2) is 83.0 Å². The minimum absolute atomic E-state index is 0.0115. The third-order valence-electron chi connectivity index (χ3n) is 10.5. The summed E-state index contributed by atoms with van der Waals surface area (Å²) >= 11 is 0. The van der Waals surface area contributed by atoms with Gasteiger partial charge in [0.05, 0.1) is 12.1 Å². The lowest BCUT2D eigenvalue weighted by molar-refractivity contribution is -0.140. The summed E-state index contributed by atoms with van der Waals surface area (Å²) in [5, 5.41) is 5.55. The molecule has 266 valence electrons. The second kappa shape index (κ2) is 14.4. The summed E-state index contributed by atoms with van der Waals surface area (Å²) in [4.78, 5) is 68.8. The van der Waals surface area contributed by atoms with Crippen LogP contribution in [0.25, 0.3) is 0 Å². The number of benzene rings is 1. The fourth-order valence-electron chi connectivity index (χ4n) is 7.60. The molecule has 0 aromatic heterocycles. The average molecular weight is 689 g/mol. The number of alkyl carbamates (subject to hydrolysis) is 1. The van der Waals surface area contributed by atoms with E-state index < -0.39 is 59.5 Å². The van der Waals surface area contributed by atoms with E-state index in [1.54, 1.807) is 6.07 Å². The van der Waals surface area contributed by atoms with Gasteiger partial charge in [0.15, 0.2) is 0 Å². The van der Waals surface area contributed by atoms with Gasteiger partial charge < -0.3 is 34.7 Å². The quantitative estimate of drug-likeness (QED) is 0.343. The van der Waals surface area contributed by atoms with Crippen molar-refractivity contribution in [3.8, 4) is 0 Å². The van der Waals surface area contributed by atoms with Crippen LogP contribution in [0.15, 0.2) is 30.4 Å². The van der Waals surface area contributed by atoms with Crippen molar-refractivity contribution in [2.24, 2.45) is 5.92 Å². The van der Waals surface area contributed by atoms with E-state index in [1.165, 1.54) is 15.9 Å². The molecule has 0 bridgehead atoms. The van der Waals surface area contributed by atoms with Gasteiger partial charge in [-0.25, -0.2) is 9.59 Å². The van der Waals surface area contributed by atoms with Gasteiger partial charge in [0.1, 0.15) is 36.1 Å². The molecule has 49 heavy (non-hydrogen) atoms. The zero-order chi connectivity index (χ0) is 34.8. The van der Waals surface area contributed by atoms with Crippen LogP contribution in [0.1, 0.15) is 87.3 Å². The Morgan fingerprint density at radius 1 is 1.02 bits per heavy atom. The molecular weight excluding hydrogens is 645 g/mol. The van der Waals surface area contributed by atoms with Crippen molar-refractivity contribution in [3.63, 3.8) is 0 Å². The Morgan fingerprint density at radius 3 is 2.55 bits per heavy atom. The van der Waals surface area contributed by atoms with Crippen molar-refractivity contribution >= 4 is 30.3 Å². The first kappa shape index (κ1) is 34.8. The fraction of sp³-hybridized carbons (Fsp3) is 0.629. The molecule has 14 heteroatoms. The topological polar surface area (TPSA) is 134 Å². The van der Waals surface area contributed by atoms with Gasteiger partial charge in [0.25, 0.3) is 0 Å². The van der Waals surface area contributed by atoms with Gasteiger partial charge in [0.2, 0.25) is 11.8 Å². The number of carbonyl (C=O) groups excluding carboxylic acids is 5. The molecule has 0 spiro atoms. The SMILES string of the molecule is O=C[C@@]12C[C@H]1/C=C\CCCCC[C@H](NC(=O)OC1CCCC1)C(=O)N1C[C@H](OC(=O)N3CCc4cccc(C(F)(F)F)c4C3)C[C@H]1C(=O)N2. The molecule has 0 radical (unpaired) electrons. The Labute approximate surface area is 282 Å². The van der Waals surface area contributed by atoms with Gasteiger partial charge in [0, 0.05) is 25.4 Å². The molecule has 5 aliphatic rings. The number of nitrogens with one attached hydrogen (secondary N) is 2. The molecule has 2 N–H and O–H groups in total. The van der Waals surface area contributed by atoms with E-state index in [4.69, 9.17) is 9.47 Å². The van der Waals surface area contributed by atoms with Crippen LogP contribution in [0.2, 0.25) is 0 Å². The molecule has 5 atom stereocenters. The van der Waals surface area contributed by atoms with Crippen molar-refractivity contribution in [1.82, 2.24) is 20.4 Å². The van der Waals surface area contributed by atoms with Crippen LogP contribution < -0.4 is 10.6 Å². The van der Waals surface area contributed by atoms with Gasteiger partial charge in [-0.2, -0.15) is 13.2 Å². The van der Waals surface area contributed by atoms with Crippen molar-refractivity contribution < 1.29 is 46.6 Å². The molecule has 1 aromatic rings. The lowest BCUT2D eigenvalue weighted by Crippen LogP contribution is -2.55. The molecule has 3 fully saturated rings. The number of amides is 4. The van der Waals surface area contributed by atoms with E-state index in [1.807, 2.05) is 12.2 Å². The number of hydrogen-bond acceptors (Lipinski definition) is 7. The summed E-state index contributed by atoms with van der Waals surface area (Å²) in [6.45, 7) is -0.332. The third kappa shape index (κ3) is 7.88. The molecule has 1 aromatic carbocycles. The molecule has 0 unspecified atom stereocenters. The highest BCUT2D eigenvalue weighted by Crippen LogP contribution is 2.43. The van der Waals surface area contributed by atoms with Crippen LogP contribution in [0.4, 0.5) is 22.8 Å². The Kier molecular flexibility index (Phi) is 10.2. The maximum atomic E-state index is 14.2. The largest absolute Gasteiger partial charge is 0.446 e. The first-order valence-electron chi connectivity index (χ1n) is 17.3. The highest BCUT2D eigenvalue weighted by Gasteiger charge is 2.56. The summed E-state index contributed by atoms with van der Waals surface area (Å²) in [5.74, 6) is -1.30. The highest BCUT2D eigenvalue weighted by atomic mass is 19.4. The van der Waals surface area contributed by atoms with E-state index in [0.29, 0.717) is 31.1 Å². The second-order valence-corrected chi connectivity index (χ2v) is 13.9. The minimum Gasteiger partial charge on any atom is -0.446 e. The lowest BCUT2D eigenvalue weighted by atomic mass is 9.95. The number of ether oxygens (including phenoxy) is 2. The molecular formula is C35H43F3N4O7. The molecule has 1 saturated heterocycles. The maximum Gasteiger partial charge on any atom is 0.416 e. The third-order valence-corrected chi connectivity index (χ3v) is 10.5. The summed E-state index contributed by atoms with van der Waals surface area (Å²) in [7, 11) is 0. The van der Waals surface area contributed by atoms with Crippen LogP contribution in [-0.2, 0) is 43.0 Å². The molecule has 4 amide bonds. The van der Waals surface area contributed by atoms with Crippen molar-refractivity contribution in [2.45, 2.75) is 120 Å². The summed E-state index contributed by atoms with van der Waals surface area (Å²) in [6.07, 6.45) is 4.58. The van der Waals surface area contributed by atoms with Crippen LogP contribution in [0.5, 0.6) is 0 Å². The van der Waals surface area contributed by atoms with Crippen LogP contribution in [0.3, 0.4) is 0 Å². The number of fused-ring (bicyclic) bond motifs is 3. The molecule has 2 aliphatic carbocycles. The Morgan fingerprint density at radius 2 is 1.80 bits per heavy atom. The average Bonchev–Trinajstić information content (AvgIpc) is 3.35. The normalized spacial score (nSPS) is 30.1. The first-order chi connectivity index (χ1) is 23.5. The van der Waals surface area contributed by atoms with Gasteiger partial charge in [-0.3, -0.25) is 9.59 Å². The number of alkyl halides is 3. The van der Waals surface area contributed by atoms with E-state index in [9.17, 15) is 37.1 Å². The standard InChI is InChI=1S/C35H43F3N4O7/c36-35(37,38)27-13-8-9-22-15-16-41(20-26(22)27)33(47)49-25-17-29-30(44)40-34(21-43)18-23(34)10-4-2-1-3-5-14-28(31(45)42(29)19-25)39-32(46)48-24-11-6-7-12-24/h4,8-10,13,21,23-25,28-29H,1-3,5-7,11-12,14-20H2,(H,39,46)(H,40,44)/b10-4-/t23-,25-,28+,29+,34+/m1/s1. The first-order valence-corrected chi connectivity index (χ1v) is 17.3. The molecule has 3 heterocycles. The molecule has 3 aliphatic heterocycles. The number of allylic oxidation sites excluding steroid dienone is 1. The number of nitrogens with zero attached hydrogens (tertiary/aromatic N) is 2. The summed E-state index contributed by atoms with van der Waals surface area (Å²) < 4.78 is 52.6. The van der Waals surface area contributed by atoms with Crippen LogP contribution in [0, 0.1) is 5.92 Å². The second-order valence-electron chi connectivity index (χ2n) is 13.9. The number of carbonyl (C=O) groups is 5. The monoisotopic (exact) mass is 688 g/mol. The Bertz CT molecular complexity index is 1480. The van der Waals surface area contributed by atoms with E-state index in [0.717, 1.165) is 51.0 Å². The smallest absolute Gasteiger partial charge is 0.416 e. The highest BCUT2D eigenvalue weighted by molar-refractivity contribution is 5.94. The van der Waals surface area contributed by atoms with Gasteiger partial charge >= 0.3 is 18.4 Å².